The lowest BCUT2D eigenvalue weighted by Crippen LogP contribution is -2.06. The lowest BCUT2D eigenvalue weighted by Gasteiger charge is -2.13. The fourth-order valence-corrected chi connectivity index (χ4v) is 2.31. The Balaban J connectivity index is 1.94. The summed E-state index contributed by atoms with van der Waals surface area (Å²) in [4.78, 5) is 0. The van der Waals surface area contributed by atoms with Crippen molar-refractivity contribution < 1.29 is 9.84 Å². The van der Waals surface area contributed by atoms with E-state index in [1.54, 1.807) is 0 Å². The number of ether oxygens (including phenoxy) is 1. The lowest BCUT2D eigenvalue weighted by atomic mass is 10.0. The van der Waals surface area contributed by atoms with Crippen molar-refractivity contribution in [2.24, 2.45) is 0 Å². The lowest BCUT2D eigenvalue weighted by molar-refractivity contribution is 0.167. The summed E-state index contributed by atoms with van der Waals surface area (Å²) >= 11 is 0. The van der Waals surface area contributed by atoms with Crippen LogP contribution in [-0.4, -0.2) is 11.2 Å². The van der Waals surface area contributed by atoms with Gasteiger partial charge in [0, 0.05) is 0 Å². The van der Waals surface area contributed by atoms with Gasteiger partial charge in [-0.2, -0.15) is 0 Å². The maximum Gasteiger partial charge on any atom is 0.119 e. The van der Waals surface area contributed by atoms with Crippen LogP contribution < -0.4 is 4.74 Å². The van der Waals surface area contributed by atoms with Gasteiger partial charge in [0.25, 0.3) is 0 Å². The number of rotatable bonds is 6. The van der Waals surface area contributed by atoms with E-state index in [2.05, 4.69) is 19.1 Å². The highest BCUT2D eigenvalue weighted by Gasteiger charge is 2.08. The fourth-order valence-electron chi connectivity index (χ4n) is 2.31. The van der Waals surface area contributed by atoms with Crippen molar-refractivity contribution in [3.63, 3.8) is 0 Å². The monoisotopic (exact) mass is 284 g/mol. The second kappa shape index (κ2) is 7.28. The van der Waals surface area contributed by atoms with Crippen LogP contribution in [0.15, 0.2) is 48.5 Å². The van der Waals surface area contributed by atoms with Crippen LogP contribution in [-0.2, 0) is 6.42 Å². The minimum Gasteiger partial charge on any atom is -0.491 e. The van der Waals surface area contributed by atoms with Gasteiger partial charge in [0.1, 0.15) is 5.75 Å². The molecule has 0 saturated heterocycles. The summed E-state index contributed by atoms with van der Waals surface area (Å²) in [5, 5.41) is 10.3. The second-order valence-corrected chi connectivity index (χ2v) is 5.78. The van der Waals surface area contributed by atoms with E-state index in [1.165, 1.54) is 11.1 Å². The molecule has 0 aliphatic rings. The van der Waals surface area contributed by atoms with Crippen LogP contribution in [0.2, 0.25) is 0 Å². The first kappa shape index (κ1) is 15.6. The van der Waals surface area contributed by atoms with Crippen molar-refractivity contribution in [3.05, 3.63) is 65.2 Å². The molecule has 0 heterocycles. The molecule has 1 N–H and O–H groups in total. The molecule has 0 saturated carbocycles. The van der Waals surface area contributed by atoms with E-state index in [1.807, 2.05) is 50.2 Å². The predicted octanol–water partition coefficient (Wildman–Crippen LogP) is 4.45. The highest BCUT2D eigenvalue weighted by molar-refractivity contribution is 5.29. The van der Waals surface area contributed by atoms with E-state index in [9.17, 15) is 5.11 Å². The van der Waals surface area contributed by atoms with Gasteiger partial charge >= 0.3 is 0 Å². The van der Waals surface area contributed by atoms with Gasteiger partial charge in [-0.05, 0) is 56.9 Å². The molecule has 0 aliphatic carbocycles. The standard InChI is InChI=1S/C19H24O2/c1-14(2)21-18-6-4-5-16(13-18)9-12-19(20)17-10-7-15(3)8-11-17/h4-8,10-11,13-14,19-20H,9,12H2,1-3H3. The topological polar surface area (TPSA) is 29.5 Å². The van der Waals surface area contributed by atoms with Gasteiger partial charge in [-0.25, -0.2) is 0 Å². The zero-order chi connectivity index (χ0) is 15.2. The molecule has 21 heavy (non-hydrogen) atoms. The molecule has 112 valence electrons. The Hall–Kier alpha value is -1.80. The molecule has 0 bridgehead atoms. The van der Waals surface area contributed by atoms with Crippen LogP contribution in [0.5, 0.6) is 5.75 Å². The van der Waals surface area contributed by atoms with E-state index in [0.29, 0.717) is 6.42 Å². The molecule has 2 rings (SSSR count). The Morgan fingerprint density at radius 1 is 1.05 bits per heavy atom. The van der Waals surface area contributed by atoms with Crippen molar-refractivity contribution in [1.29, 1.82) is 0 Å². The van der Waals surface area contributed by atoms with Crippen molar-refractivity contribution in [2.75, 3.05) is 0 Å². The Kier molecular flexibility index (Phi) is 5.40. The highest BCUT2D eigenvalue weighted by Crippen LogP contribution is 2.21. The number of hydrogen-bond donors (Lipinski definition) is 1. The van der Waals surface area contributed by atoms with Gasteiger partial charge in [0.2, 0.25) is 0 Å². The SMILES string of the molecule is Cc1ccc(C(O)CCc2cccc(OC(C)C)c2)cc1. The van der Waals surface area contributed by atoms with E-state index < -0.39 is 6.10 Å². The Bertz CT molecular complexity index is 558. The molecule has 2 heteroatoms. The summed E-state index contributed by atoms with van der Waals surface area (Å²) < 4.78 is 5.70. The Labute approximate surface area is 127 Å². The van der Waals surface area contributed by atoms with E-state index in [-0.39, 0.29) is 6.10 Å². The molecule has 2 aromatic carbocycles. The van der Waals surface area contributed by atoms with Gasteiger partial charge in [-0.15, -0.1) is 0 Å². The van der Waals surface area contributed by atoms with Gasteiger partial charge < -0.3 is 9.84 Å². The molecule has 0 aromatic heterocycles. The first-order valence-corrected chi connectivity index (χ1v) is 7.55. The maximum atomic E-state index is 10.3. The second-order valence-electron chi connectivity index (χ2n) is 5.78. The minimum absolute atomic E-state index is 0.179. The Morgan fingerprint density at radius 3 is 2.43 bits per heavy atom. The number of aliphatic hydroxyl groups excluding tert-OH is 1. The quantitative estimate of drug-likeness (QED) is 0.849. The van der Waals surface area contributed by atoms with Crippen LogP contribution >= 0.6 is 0 Å². The van der Waals surface area contributed by atoms with Crippen molar-refractivity contribution in [1.82, 2.24) is 0 Å². The van der Waals surface area contributed by atoms with Gasteiger partial charge in [-0.1, -0.05) is 42.0 Å². The smallest absolute Gasteiger partial charge is 0.119 e. The maximum absolute atomic E-state index is 10.3. The third kappa shape index (κ3) is 4.91. The molecule has 0 fully saturated rings. The Morgan fingerprint density at radius 2 is 1.76 bits per heavy atom. The number of aliphatic hydroxyl groups is 1. The zero-order valence-electron chi connectivity index (χ0n) is 13.0. The fraction of sp³-hybridized carbons (Fsp3) is 0.368. The van der Waals surface area contributed by atoms with Crippen molar-refractivity contribution >= 4 is 0 Å². The van der Waals surface area contributed by atoms with E-state index >= 15 is 0 Å². The van der Waals surface area contributed by atoms with Crippen LogP contribution in [0.3, 0.4) is 0 Å². The highest BCUT2D eigenvalue weighted by atomic mass is 16.5. The molecule has 0 spiro atoms. The molecule has 0 aliphatic heterocycles. The summed E-state index contributed by atoms with van der Waals surface area (Å²) in [6, 6.07) is 16.2. The van der Waals surface area contributed by atoms with Crippen LogP contribution in [0, 0.1) is 6.92 Å². The summed E-state index contributed by atoms with van der Waals surface area (Å²) in [6.45, 7) is 6.10. The zero-order valence-corrected chi connectivity index (χ0v) is 13.0. The third-order valence-electron chi connectivity index (χ3n) is 3.44. The number of aryl methyl sites for hydroxylation is 2. The summed E-state index contributed by atoms with van der Waals surface area (Å²) in [6.07, 6.45) is 1.32. The van der Waals surface area contributed by atoms with Crippen molar-refractivity contribution in [2.45, 2.75) is 45.8 Å². The van der Waals surface area contributed by atoms with Crippen LogP contribution in [0.4, 0.5) is 0 Å². The van der Waals surface area contributed by atoms with Crippen LogP contribution in [0.1, 0.15) is 43.1 Å². The molecule has 2 nitrogen and oxygen atoms in total. The minimum atomic E-state index is -0.416. The average Bonchev–Trinajstić information content (AvgIpc) is 2.45. The van der Waals surface area contributed by atoms with Gasteiger partial charge in [0.05, 0.1) is 12.2 Å². The number of hydrogen-bond acceptors (Lipinski definition) is 2. The van der Waals surface area contributed by atoms with Crippen molar-refractivity contribution in [3.8, 4) is 5.75 Å². The number of benzene rings is 2. The largest absolute Gasteiger partial charge is 0.491 e. The molecular weight excluding hydrogens is 260 g/mol. The first-order valence-electron chi connectivity index (χ1n) is 7.55. The summed E-state index contributed by atoms with van der Waals surface area (Å²) in [7, 11) is 0. The third-order valence-corrected chi connectivity index (χ3v) is 3.44. The molecule has 2 aromatic rings. The van der Waals surface area contributed by atoms with E-state index in [0.717, 1.165) is 17.7 Å². The van der Waals surface area contributed by atoms with E-state index in [4.69, 9.17) is 4.74 Å². The summed E-state index contributed by atoms with van der Waals surface area (Å²) in [5.74, 6) is 0.896. The van der Waals surface area contributed by atoms with Gasteiger partial charge in [-0.3, -0.25) is 0 Å². The van der Waals surface area contributed by atoms with Gasteiger partial charge in [0.15, 0.2) is 0 Å². The molecule has 1 atom stereocenters. The molecule has 0 radical (unpaired) electrons. The molecule has 1 unspecified atom stereocenters. The summed E-state index contributed by atoms with van der Waals surface area (Å²) in [5.41, 5.74) is 3.39. The molecular formula is C19H24O2. The average molecular weight is 284 g/mol. The molecule has 0 amide bonds. The first-order chi connectivity index (χ1) is 10.0. The van der Waals surface area contributed by atoms with Crippen LogP contribution in [0.25, 0.3) is 0 Å². The normalized spacial score (nSPS) is 12.4. The predicted molar refractivity (Wildman–Crippen MR) is 86.7 cm³/mol.